The third-order valence-electron chi connectivity index (χ3n) is 6.11. The topological polar surface area (TPSA) is 106 Å². The molecule has 1 aliphatic carbocycles. The zero-order valence-corrected chi connectivity index (χ0v) is 16.3. The van der Waals surface area contributed by atoms with Crippen molar-refractivity contribution in [3.05, 3.63) is 29.8 Å². The Bertz CT molecular complexity index is 950. The standard InChI is InChI=1S/C21H24N4O4/c1-12(26)23-10-18-16-11-28-17-8-13(2-4-15(17)25(16)20(27)29-18)14-3-5-19(24-9-14)21(22)6-7-21/h2-4,8,16,18H,5-7,9-11,22H2,1H3,(H,23,26). The smallest absolute Gasteiger partial charge is 0.415 e. The summed E-state index contributed by atoms with van der Waals surface area (Å²) in [7, 11) is 0. The summed E-state index contributed by atoms with van der Waals surface area (Å²) in [4.78, 5) is 30.0. The highest BCUT2D eigenvalue weighted by Gasteiger charge is 2.46. The number of allylic oxidation sites excluding steroid dienone is 1. The number of fused-ring (bicyclic) bond motifs is 3. The molecule has 3 aliphatic heterocycles. The second kappa shape index (κ2) is 6.59. The van der Waals surface area contributed by atoms with Crippen LogP contribution in [-0.4, -0.2) is 55.1 Å². The zero-order chi connectivity index (χ0) is 20.2. The summed E-state index contributed by atoms with van der Waals surface area (Å²) in [5, 5.41) is 2.71. The number of anilines is 1. The lowest BCUT2D eigenvalue weighted by molar-refractivity contribution is -0.119. The maximum absolute atomic E-state index is 12.4. The first kappa shape index (κ1) is 18.2. The number of ether oxygens (including phenoxy) is 2. The monoisotopic (exact) mass is 396 g/mol. The van der Waals surface area contributed by atoms with Gasteiger partial charge in [0.2, 0.25) is 5.91 Å². The van der Waals surface area contributed by atoms with E-state index in [4.69, 9.17) is 20.2 Å². The van der Waals surface area contributed by atoms with E-state index in [1.807, 2.05) is 18.2 Å². The lowest BCUT2D eigenvalue weighted by Gasteiger charge is -2.31. The van der Waals surface area contributed by atoms with Gasteiger partial charge in [0.05, 0.1) is 24.3 Å². The maximum atomic E-state index is 12.4. The molecule has 8 heteroatoms. The van der Waals surface area contributed by atoms with Crippen molar-refractivity contribution in [2.75, 3.05) is 24.6 Å². The van der Waals surface area contributed by atoms with Crippen LogP contribution in [0.15, 0.2) is 29.3 Å². The Balaban J connectivity index is 1.34. The van der Waals surface area contributed by atoms with E-state index in [0.29, 0.717) is 24.6 Å². The van der Waals surface area contributed by atoms with Gasteiger partial charge in [-0.2, -0.15) is 0 Å². The molecule has 3 N–H and O–H groups in total. The van der Waals surface area contributed by atoms with Crippen molar-refractivity contribution < 1.29 is 19.1 Å². The van der Waals surface area contributed by atoms with Gasteiger partial charge in [-0.15, -0.1) is 0 Å². The van der Waals surface area contributed by atoms with Gasteiger partial charge in [0, 0.05) is 19.1 Å². The number of carbonyl (C=O) groups is 2. The van der Waals surface area contributed by atoms with Crippen LogP contribution >= 0.6 is 0 Å². The molecule has 5 rings (SSSR count). The van der Waals surface area contributed by atoms with Gasteiger partial charge in [0.1, 0.15) is 24.5 Å². The van der Waals surface area contributed by atoms with E-state index in [9.17, 15) is 9.59 Å². The van der Waals surface area contributed by atoms with Crippen LogP contribution in [0.2, 0.25) is 0 Å². The molecule has 2 unspecified atom stereocenters. The number of aliphatic imine (C=N–C) groups is 1. The van der Waals surface area contributed by atoms with Gasteiger partial charge in [-0.05, 0) is 36.1 Å². The second-order valence-electron chi connectivity index (χ2n) is 8.14. The fourth-order valence-corrected chi connectivity index (χ4v) is 4.17. The number of nitrogens with zero attached hydrogens (tertiary/aromatic N) is 2. The van der Waals surface area contributed by atoms with Crippen molar-refractivity contribution in [2.24, 2.45) is 10.7 Å². The molecule has 1 saturated carbocycles. The molecule has 1 saturated heterocycles. The number of dihydropyridines is 1. The molecule has 152 valence electrons. The molecule has 0 spiro atoms. The summed E-state index contributed by atoms with van der Waals surface area (Å²) in [6, 6.07) is 5.58. The minimum atomic E-state index is -0.431. The SMILES string of the molecule is CC(=O)NCC1OC(=O)N2c3ccc(C4=CCC(C5(N)CC5)=NC4)cc3OCC12. The molecular weight excluding hydrogens is 372 g/mol. The van der Waals surface area contributed by atoms with Crippen molar-refractivity contribution >= 4 is 29.0 Å². The highest BCUT2D eigenvalue weighted by molar-refractivity contribution is 6.00. The molecule has 2 atom stereocenters. The van der Waals surface area contributed by atoms with Gasteiger partial charge in [-0.25, -0.2) is 4.79 Å². The molecule has 0 radical (unpaired) electrons. The first-order chi connectivity index (χ1) is 13.9. The van der Waals surface area contributed by atoms with Crippen LogP contribution in [0.3, 0.4) is 0 Å². The van der Waals surface area contributed by atoms with Crippen LogP contribution in [0, 0.1) is 0 Å². The number of hydrogen-bond donors (Lipinski definition) is 2. The zero-order valence-electron chi connectivity index (χ0n) is 16.3. The Labute approximate surface area is 168 Å². The summed E-state index contributed by atoms with van der Waals surface area (Å²) in [6.07, 6.45) is 4.19. The van der Waals surface area contributed by atoms with E-state index in [-0.39, 0.29) is 24.0 Å². The molecule has 8 nitrogen and oxygen atoms in total. The van der Waals surface area contributed by atoms with Gasteiger partial charge in [-0.3, -0.25) is 14.7 Å². The minimum Gasteiger partial charge on any atom is -0.489 e. The summed E-state index contributed by atoms with van der Waals surface area (Å²) >= 11 is 0. The quantitative estimate of drug-likeness (QED) is 0.805. The summed E-state index contributed by atoms with van der Waals surface area (Å²) in [5.41, 5.74) is 10.1. The third kappa shape index (κ3) is 3.17. The Morgan fingerprint density at radius 1 is 1.41 bits per heavy atom. The molecule has 1 aromatic carbocycles. The fourth-order valence-electron chi connectivity index (χ4n) is 4.17. The van der Waals surface area contributed by atoms with Crippen LogP contribution in [-0.2, 0) is 9.53 Å². The van der Waals surface area contributed by atoms with E-state index in [1.54, 1.807) is 4.90 Å². The van der Waals surface area contributed by atoms with Crippen LogP contribution in [0.4, 0.5) is 10.5 Å². The van der Waals surface area contributed by atoms with Gasteiger partial charge in [0.15, 0.2) is 0 Å². The second-order valence-corrected chi connectivity index (χ2v) is 8.14. The highest BCUT2D eigenvalue weighted by atomic mass is 16.6. The van der Waals surface area contributed by atoms with Crippen LogP contribution in [0.25, 0.3) is 5.57 Å². The summed E-state index contributed by atoms with van der Waals surface area (Å²) in [5.74, 6) is 0.499. The highest BCUT2D eigenvalue weighted by Crippen LogP contribution is 2.41. The predicted octanol–water partition coefficient (Wildman–Crippen LogP) is 1.63. The number of amides is 2. The third-order valence-corrected chi connectivity index (χ3v) is 6.11. The van der Waals surface area contributed by atoms with Gasteiger partial charge >= 0.3 is 6.09 Å². The normalized spacial score (nSPS) is 26.4. The van der Waals surface area contributed by atoms with Crippen LogP contribution < -0.4 is 20.7 Å². The number of benzene rings is 1. The predicted molar refractivity (Wildman–Crippen MR) is 108 cm³/mol. The molecule has 4 aliphatic rings. The van der Waals surface area contributed by atoms with Crippen LogP contribution in [0.1, 0.15) is 31.7 Å². The largest absolute Gasteiger partial charge is 0.489 e. The van der Waals surface area contributed by atoms with Crippen LogP contribution in [0.5, 0.6) is 5.75 Å². The van der Waals surface area contributed by atoms with Crippen molar-refractivity contribution in [1.29, 1.82) is 0 Å². The van der Waals surface area contributed by atoms with E-state index in [0.717, 1.165) is 36.1 Å². The van der Waals surface area contributed by atoms with E-state index in [2.05, 4.69) is 11.4 Å². The molecule has 0 bridgehead atoms. The number of nitrogens with one attached hydrogen (secondary N) is 1. The van der Waals surface area contributed by atoms with Crippen molar-refractivity contribution in [3.63, 3.8) is 0 Å². The molecule has 3 heterocycles. The molecular formula is C21H24N4O4. The molecule has 2 amide bonds. The lowest BCUT2D eigenvalue weighted by atomic mass is 9.97. The molecule has 29 heavy (non-hydrogen) atoms. The average molecular weight is 396 g/mol. The van der Waals surface area contributed by atoms with Gasteiger partial charge in [0.25, 0.3) is 0 Å². The Morgan fingerprint density at radius 3 is 2.93 bits per heavy atom. The Morgan fingerprint density at radius 2 is 2.24 bits per heavy atom. The Kier molecular flexibility index (Phi) is 4.13. The van der Waals surface area contributed by atoms with Crippen molar-refractivity contribution in [3.8, 4) is 5.75 Å². The number of nitrogens with two attached hydrogens (primary N) is 1. The first-order valence-corrected chi connectivity index (χ1v) is 9.98. The number of rotatable bonds is 4. The van der Waals surface area contributed by atoms with Crippen molar-refractivity contribution in [1.82, 2.24) is 5.32 Å². The molecule has 2 fully saturated rings. The van der Waals surface area contributed by atoms with Gasteiger partial charge < -0.3 is 20.5 Å². The van der Waals surface area contributed by atoms with E-state index < -0.39 is 12.2 Å². The number of cyclic esters (lactones) is 1. The van der Waals surface area contributed by atoms with Crippen molar-refractivity contribution in [2.45, 2.75) is 43.9 Å². The summed E-state index contributed by atoms with van der Waals surface area (Å²) < 4.78 is 11.4. The maximum Gasteiger partial charge on any atom is 0.415 e. The van der Waals surface area contributed by atoms with E-state index in [1.165, 1.54) is 6.92 Å². The number of carbonyl (C=O) groups excluding carboxylic acids is 2. The van der Waals surface area contributed by atoms with E-state index >= 15 is 0 Å². The number of hydrogen-bond acceptors (Lipinski definition) is 6. The Hall–Kier alpha value is -2.87. The molecule has 1 aromatic rings. The minimum absolute atomic E-state index is 0.157. The summed E-state index contributed by atoms with van der Waals surface area (Å²) in [6.45, 7) is 2.65. The van der Waals surface area contributed by atoms with Gasteiger partial charge in [-0.1, -0.05) is 12.1 Å². The lowest BCUT2D eigenvalue weighted by Crippen LogP contribution is -2.47. The first-order valence-electron chi connectivity index (χ1n) is 9.98. The molecule has 0 aromatic heterocycles. The fraction of sp³-hybridized carbons (Fsp3) is 0.476. The average Bonchev–Trinajstić information content (AvgIpc) is 3.39.